The average molecular weight is 299 g/mol. The summed E-state index contributed by atoms with van der Waals surface area (Å²) < 4.78 is 5.16. The predicted octanol–water partition coefficient (Wildman–Crippen LogP) is 2.51. The van der Waals surface area contributed by atoms with Gasteiger partial charge in [-0.2, -0.15) is 0 Å². The quantitative estimate of drug-likeness (QED) is 0.921. The van der Waals surface area contributed by atoms with Gasteiger partial charge in [-0.15, -0.1) is 0 Å². The van der Waals surface area contributed by atoms with Crippen molar-refractivity contribution in [1.82, 2.24) is 15.2 Å². The maximum absolute atomic E-state index is 12.3. The van der Waals surface area contributed by atoms with Crippen molar-refractivity contribution in [3.05, 3.63) is 53.2 Å². The van der Waals surface area contributed by atoms with E-state index in [1.807, 2.05) is 36.1 Å². The van der Waals surface area contributed by atoms with Crippen LogP contribution >= 0.6 is 0 Å². The molecule has 3 rings (SSSR count). The fourth-order valence-electron chi connectivity index (χ4n) is 2.69. The van der Waals surface area contributed by atoms with Gasteiger partial charge >= 0.3 is 0 Å². The molecule has 1 aromatic carbocycles. The monoisotopic (exact) mass is 299 g/mol. The third kappa shape index (κ3) is 3.36. The molecule has 2 aromatic rings. The Labute approximate surface area is 130 Å². The van der Waals surface area contributed by atoms with Gasteiger partial charge in [-0.3, -0.25) is 4.79 Å². The lowest BCUT2D eigenvalue weighted by molar-refractivity contribution is 0.0793. The summed E-state index contributed by atoms with van der Waals surface area (Å²) in [6.45, 7) is 5.10. The molecule has 1 N–H and O–H groups in total. The van der Waals surface area contributed by atoms with Gasteiger partial charge in [0, 0.05) is 31.7 Å². The van der Waals surface area contributed by atoms with Gasteiger partial charge in [-0.05, 0) is 37.5 Å². The van der Waals surface area contributed by atoms with E-state index in [-0.39, 0.29) is 5.91 Å². The van der Waals surface area contributed by atoms with Crippen molar-refractivity contribution in [3.63, 3.8) is 0 Å². The zero-order chi connectivity index (χ0) is 15.4. The van der Waals surface area contributed by atoms with Crippen molar-refractivity contribution in [2.45, 2.75) is 32.9 Å². The van der Waals surface area contributed by atoms with E-state index in [9.17, 15) is 4.79 Å². The molecule has 1 aliphatic rings. The number of carbonyl (C=O) groups excluding carboxylic acids is 1. The van der Waals surface area contributed by atoms with Crippen LogP contribution in [0.5, 0.6) is 0 Å². The number of rotatable bonds is 5. The molecule has 5 heteroatoms. The van der Waals surface area contributed by atoms with Gasteiger partial charge in [0.05, 0.1) is 5.69 Å². The number of hydrogen-bond acceptors (Lipinski definition) is 4. The van der Waals surface area contributed by atoms with Crippen LogP contribution < -0.4 is 5.32 Å². The molecule has 0 atom stereocenters. The van der Waals surface area contributed by atoms with Gasteiger partial charge in [-0.25, -0.2) is 4.98 Å². The SMILES string of the molecule is Cc1ocnc1CNCc1ccc(C(=O)N2CCCC2)cc1. The molecular formula is C17H21N3O2. The summed E-state index contributed by atoms with van der Waals surface area (Å²) in [7, 11) is 0. The van der Waals surface area contributed by atoms with Gasteiger partial charge in [0.25, 0.3) is 5.91 Å². The third-order valence-electron chi connectivity index (χ3n) is 4.06. The largest absolute Gasteiger partial charge is 0.448 e. The van der Waals surface area contributed by atoms with Gasteiger partial charge in [-0.1, -0.05) is 12.1 Å². The Kier molecular flexibility index (Phi) is 4.53. The van der Waals surface area contributed by atoms with Crippen LogP contribution in [-0.4, -0.2) is 28.9 Å². The number of benzene rings is 1. The molecule has 1 fully saturated rings. The Morgan fingerprint density at radius 1 is 1.23 bits per heavy atom. The third-order valence-corrected chi connectivity index (χ3v) is 4.06. The molecule has 5 nitrogen and oxygen atoms in total. The summed E-state index contributed by atoms with van der Waals surface area (Å²) in [5.41, 5.74) is 2.86. The van der Waals surface area contributed by atoms with Crippen LogP contribution in [0.4, 0.5) is 0 Å². The maximum Gasteiger partial charge on any atom is 0.253 e. The summed E-state index contributed by atoms with van der Waals surface area (Å²) in [6, 6.07) is 7.84. The normalized spacial score (nSPS) is 14.5. The Morgan fingerprint density at radius 3 is 2.59 bits per heavy atom. The zero-order valence-electron chi connectivity index (χ0n) is 12.8. The van der Waals surface area contributed by atoms with Crippen molar-refractivity contribution in [1.29, 1.82) is 0 Å². The highest BCUT2D eigenvalue weighted by Crippen LogP contribution is 2.13. The van der Waals surface area contributed by atoms with Crippen LogP contribution in [0.1, 0.15) is 40.2 Å². The second kappa shape index (κ2) is 6.75. The van der Waals surface area contributed by atoms with E-state index in [0.717, 1.165) is 55.1 Å². The summed E-state index contributed by atoms with van der Waals surface area (Å²) in [4.78, 5) is 18.3. The number of carbonyl (C=O) groups is 1. The van der Waals surface area contributed by atoms with Crippen molar-refractivity contribution >= 4 is 5.91 Å². The fraction of sp³-hybridized carbons (Fsp3) is 0.412. The van der Waals surface area contributed by atoms with Gasteiger partial charge in [0.15, 0.2) is 6.39 Å². The molecular weight excluding hydrogens is 278 g/mol. The van der Waals surface area contributed by atoms with Gasteiger partial charge < -0.3 is 14.6 Å². The molecule has 2 heterocycles. The minimum atomic E-state index is 0.148. The highest BCUT2D eigenvalue weighted by molar-refractivity contribution is 5.94. The Balaban J connectivity index is 1.53. The number of oxazole rings is 1. The minimum Gasteiger partial charge on any atom is -0.448 e. The Hall–Kier alpha value is -2.14. The first-order valence-corrected chi connectivity index (χ1v) is 7.72. The topological polar surface area (TPSA) is 58.4 Å². The fourth-order valence-corrected chi connectivity index (χ4v) is 2.69. The predicted molar refractivity (Wildman–Crippen MR) is 83.4 cm³/mol. The van der Waals surface area contributed by atoms with E-state index in [1.165, 1.54) is 6.39 Å². The number of amides is 1. The first kappa shape index (κ1) is 14.8. The van der Waals surface area contributed by atoms with Crippen LogP contribution in [-0.2, 0) is 13.1 Å². The molecule has 1 aliphatic heterocycles. The van der Waals surface area contributed by atoms with E-state index in [2.05, 4.69) is 10.3 Å². The van der Waals surface area contributed by atoms with Crippen LogP contribution in [0.15, 0.2) is 35.1 Å². The summed E-state index contributed by atoms with van der Waals surface area (Å²) in [6.07, 6.45) is 3.70. The molecule has 0 unspecified atom stereocenters. The smallest absolute Gasteiger partial charge is 0.253 e. The Bertz CT molecular complexity index is 628. The Morgan fingerprint density at radius 2 is 1.95 bits per heavy atom. The van der Waals surface area contributed by atoms with Crippen LogP contribution in [0, 0.1) is 6.92 Å². The number of likely N-dealkylation sites (tertiary alicyclic amines) is 1. The number of aromatic nitrogens is 1. The van der Waals surface area contributed by atoms with Crippen molar-refractivity contribution < 1.29 is 9.21 Å². The summed E-state index contributed by atoms with van der Waals surface area (Å²) >= 11 is 0. The van der Waals surface area contributed by atoms with Crippen LogP contribution in [0.3, 0.4) is 0 Å². The molecule has 0 spiro atoms. The van der Waals surface area contributed by atoms with Crippen LogP contribution in [0.25, 0.3) is 0 Å². The molecule has 116 valence electrons. The molecule has 0 saturated carbocycles. The molecule has 1 amide bonds. The number of hydrogen-bond donors (Lipinski definition) is 1. The maximum atomic E-state index is 12.3. The number of nitrogens with zero attached hydrogens (tertiary/aromatic N) is 2. The van der Waals surface area contributed by atoms with Crippen molar-refractivity contribution in [3.8, 4) is 0 Å². The second-order valence-corrected chi connectivity index (χ2v) is 5.66. The number of aryl methyl sites for hydroxylation is 1. The highest BCUT2D eigenvalue weighted by atomic mass is 16.3. The first-order chi connectivity index (χ1) is 10.7. The van der Waals surface area contributed by atoms with E-state index in [0.29, 0.717) is 6.54 Å². The number of nitrogens with one attached hydrogen (secondary N) is 1. The molecule has 0 aliphatic carbocycles. The first-order valence-electron chi connectivity index (χ1n) is 7.72. The zero-order valence-corrected chi connectivity index (χ0v) is 12.8. The van der Waals surface area contributed by atoms with E-state index >= 15 is 0 Å². The van der Waals surface area contributed by atoms with Gasteiger partial charge in [0.1, 0.15) is 5.76 Å². The molecule has 1 saturated heterocycles. The van der Waals surface area contributed by atoms with Crippen LogP contribution in [0.2, 0.25) is 0 Å². The second-order valence-electron chi connectivity index (χ2n) is 5.66. The molecule has 1 aromatic heterocycles. The minimum absolute atomic E-state index is 0.148. The van der Waals surface area contributed by atoms with Crippen molar-refractivity contribution in [2.24, 2.45) is 0 Å². The summed E-state index contributed by atoms with van der Waals surface area (Å²) in [5, 5.41) is 3.33. The molecule has 0 bridgehead atoms. The lowest BCUT2D eigenvalue weighted by Gasteiger charge is -2.15. The van der Waals surface area contributed by atoms with Crippen molar-refractivity contribution in [2.75, 3.05) is 13.1 Å². The van der Waals surface area contributed by atoms with E-state index < -0.39 is 0 Å². The molecule has 22 heavy (non-hydrogen) atoms. The lowest BCUT2D eigenvalue weighted by atomic mass is 10.1. The standard InChI is InChI=1S/C17H21N3O2/c1-13-16(19-12-22-13)11-18-10-14-4-6-15(7-5-14)17(21)20-8-2-3-9-20/h4-7,12,18H,2-3,8-11H2,1H3. The molecule has 0 radical (unpaired) electrons. The van der Waals surface area contributed by atoms with E-state index in [1.54, 1.807) is 0 Å². The average Bonchev–Trinajstić information content (AvgIpc) is 3.20. The summed E-state index contributed by atoms with van der Waals surface area (Å²) in [5.74, 6) is 0.995. The highest BCUT2D eigenvalue weighted by Gasteiger charge is 2.19. The van der Waals surface area contributed by atoms with Gasteiger partial charge in [0.2, 0.25) is 0 Å². The lowest BCUT2D eigenvalue weighted by Crippen LogP contribution is -2.27. The van der Waals surface area contributed by atoms with E-state index in [4.69, 9.17) is 4.42 Å².